The highest BCUT2D eigenvalue weighted by Gasteiger charge is 2.53. The topological polar surface area (TPSA) is 94.7 Å². The Kier molecular flexibility index (Phi) is 4.22. The normalized spacial score (nSPS) is 21.1. The second kappa shape index (κ2) is 6.56. The number of aliphatic hydroxyl groups excluding tert-OH is 1. The number of aromatic nitrogens is 1. The number of ether oxygens (including phenoxy) is 1. The van der Waals surface area contributed by atoms with Gasteiger partial charge in [-0.3, -0.25) is 0 Å². The molecule has 0 unspecified atom stereocenters. The van der Waals surface area contributed by atoms with E-state index in [2.05, 4.69) is 10.3 Å². The Bertz CT molecular complexity index is 1170. The smallest absolute Gasteiger partial charge is 0.243 e. The second-order valence-corrected chi connectivity index (χ2v) is 9.75. The fraction of sp³-hybridized carbons (Fsp3) is 0.333. The second-order valence-electron chi connectivity index (χ2n) is 7.81. The van der Waals surface area contributed by atoms with Gasteiger partial charge in [0.25, 0.3) is 0 Å². The predicted molar refractivity (Wildman–Crippen MR) is 110 cm³/mol. The third-order valence-electron chi connectivity index (χ3n) is 6.12. The number of sulfonamides is 1. The van der Waals surface area contributed by atoms with E-state index >= 15 is 0 Å². The number of hydrogen-bond acceptors (Lipinski definition) is 5. The molecule has 1 saturated heterocycles. The third kappa shape index (κ3) is 2.71. The first-order chi connectivity index (χ1) is 14.0. The summed E-state index contributed by atoms with van der Waals surface area (Å²) in [5.41, 5.74) is 2.64. The van der Waals surface area contributed by atoms with Crippen molar-refractivity contribution in [3.05, 3.63) is 59.8 Å². The zero-order chi connectivity index (χ0) is 20.2. The van der Waals surface area contributed by atoms with Gasteiger partial charge in [0, 0.05) is 47.7 Å². The number of fused-ring (bicyclic) bond motifs is 4. The number of nitrogens with one attached hydrogen (secondary N) is 2. The van der Waals surface area contributed by atoms with Crippen molar-refractivity contribution in [2.24, 2.45) is 0 Å². The minimum Gasteiger partial charge on any atom is -0.497 e. The van der Waals surface area contributed by atoms with E-state index in [1.165, 1.54) is 4.31 Å². The number of H-pyrrole nitrogens is 1. The zero-order valence-corrected chi connectivity index (χ0v) is 16.9. The molecule has 3 heterocycles. The molecule has 1 fully saturated rings. The quantitative estimate of drug-likeness (QED) is 0.606. The molecule has 7 nitrogen and oxygen atoms in total. The van der Waals surface area contributed by atoms with Crippen molar-refractivity contribution in [3.63, 3.8) is 0 Å². The number of benzene rings is 2. The van der Waals surface area contributed by atoms with Gasteiger partial charge in [-0.05, 0) is 29.8 Å². The predicted octanol–water partition coefficient (Wildman–Crippen LogP) is 1.76. The van der Waals surface area contributed by atoms with Crippen molar-refractivity contribution in [2.45, 2.75) is 16.4 Å². The van der Waals surface area contributed by atoms with Crippen molar-refractivity contribution in [2.75, 3.05) is 33.4 Å². The molecule has 2 aliphatic heterocycles. The van der Waals surface area contributed by atoms with Crippen molar-refractivity contribution >= 4 is 20.9 Å². The fourth-order valence-corrected chi connectivity index (χ4v) is 6.27. The molecule has 3 N–H and O–H groups in total. The Morgan fingerprint density at radius 2 is 1.97 bits per heavy atom. The van der Waals surface area contributed by atoms with Crippen LogP contribution in [0.4, 0.5) is 0 Å². The number of aromatic amines is 1. The van der Waals surface area contributed by atoms with Gasteiger partial charge in [0.15, 0.2) is 0 Å². The number of methoxy groups -OCH3 is 1. The van der Waals surface area contributed by atoms with Crippen LogP contribution in [0.2, 0.25) is 0 Å². The Labute approximate surface area is 169 Å². The lowest BCUT2D eigenvalue weighted by Gasteiger charge is -2.52. The summed E-state index contributed by atoms with van der Waals surface area (Å²) in [7, 11) is -1.89. The van der Waals surface area contributed by atoms with Crippen LogP contribution < -0.4 is 10.1 Å². The summed E-state index contributed by atoms with van der Waals surface area (Å²) in [6, 6.07) is 14.2. The molecule has 3 aromatic rings. The summed E-state index contributed by atoms with van der Waals surface area (Å²) >= 11 is 0. The van der Waals surface area contributed by atoms with E-state index in [1.807, 2.05) is 24.3 Å². The average Bonchev–Trinajstić information content (AvgIpc) is 3.11. The first-order valence-electron chi connectivity index (χ1n) is 9.58. The Balaban J connectivity index is 1.55. The van der Waals surface area contributed by atoms with E-state index in [0.29, 0.717) is 24.5 Å². The van der Waals surface area contributed by atoms with Gasteiger partial charge in [-0.25, -0.2) is 8.42 Å². The molecule has 29 heavy (non-hydrogen) atoms. The fourth-order valence-electron chi connectivity index (χ4n) is 4.63. The SMILES string of the molecule is COc1ccc2c3c([nH]c2c1)[C@H](CO)NCC31CN(S(=O)(=O)c2ccccc2)C1. The Hall–Kier alpha value is -2.39. The molecule has 1 spiro atoms. The molecular weight excluding hydrogens is 390 g/mol. The zero-order valence-electron chi connectivity index (χ0n) is 16.1. The average molecular weight is 413 g/mol. The van der Waals surface area contributed by atoms with Crippen molar-refractivity contribution in [1.29, 1.82) is 0 Å². The summed E-state index contributed by atoms with van der Waals surface area (Å²) in [6.45, 7) is 1.40. The third-order valence-corrected chi connectivity index (χ3v) is 7.93. The molecule has 2 aliphatic rings. The minimum absolute atomic E-state index is 0.0287. The molecule has 152 valence electrons. The summed E-state index contributed by atoms with van der Waals surface area (Å²) < 4.78 is 32.9. The highest BCUT2D eigenvalue weighted by Crippen LogP contribution is 2.46. The van der Waals surface area contributed by atoms with Gasteiger partial charge in [0.05, 0.1) is 24.7 Å². The molecule has 1 atom stereocenters. The molecule has 8 heteroatoms. The molecule has 0 radical (unpaired) electrons. The van der Waals surface area contributed by atoms with Crippen LogP contribution in [-0.2, 0) is 15.4 Å². The molecule has 1 aromatic heterocycles. The van der Waals surface area contributed by atoms with Crippen LogP contribution in [-0.4, -0.2) is 56.2 Å². The number of hydrogen-bond donors (Lipinski definition) is 3. The summed E-state index contributed by atoms with van der Waals surface area (Å²) in [4.78, 5) is 3.75. The lowest BCUT2D eigenvalue weighted by atomic mass is 9.71. The maximum atomic E-state index is 13.0. The van der Waals surface area contributed by atoms with Crippen LogP contribution in [0.5, 0.6) is 5.75 Å². The van der Waals surface area contributed by atoms with Crippen LogP contribution >= 0.6 is 0 Å². The van der Waals surface area contributed by atoms with E-state index in [-0.39, 0.29) is 18.1 Å². The summed E-state index contributed by atoms with van der Waals surface area (Å²) in [5.74, 6) is 0.751. The van der Waals surface area contributed by atoms with Crippen molar-refractivity contribution in [3.8, 4) is 5.75 Å². The van der Waals surface area contributed by atoms with Gasteiger partial charge in [0.1, 0.15) is 5.75 Å². The molecule has 0 amide bonds. The van der Waals surface area contributed by atoms with Crippen molar-refractivity contribution in [1.82, 2.24) is 14.6 Å². The largest absolute Gasteiger partial charge is 0.497 e. The molecular formula is C21H23N3O4S. The van der Waals surface area contributed by atoms with Gasteiger partial charge < -0.3 is 20.1 Å². The molecule has 0 saturated carbocycles. The van der Waals surface area contributed by atoms with Gasteiger partial charge >= 0.3 is 0 Å². The molecule has 0 bridgehead atoms. The summed E-state index contributed by atoms with van der Waals surface area (Å²) in [6.07, 6.45) is 0. The Morgan fingerprint density at radius 1 is 1.21 bits per heavy atom. The van der Waals surface area contributed by atoms with E-state index in [1.54, 1.807) is 31.4 Å². The first kappa shape index (κ1) is 18.6. The maximum Gasteiger partial charge on any atom is 0.243 e. The van der Waals surface area contributed by atoms with Crippen LogP contribution in [0.1, 0.15) is 17.3 Å². The van der Waals surface area contributed by atoms with E-state index in [4.69, 9.17) is 4.74 Å². The van der Waals surface area contributed by atoms with Gasteiger partial charge in [-0.2, -0.15) is 4.31 Å². The lowest BCUT2D eigenvalue weighted by molar-refractivity contribution is 0.122. The molecule has 2 aromatic carbocycles. The van der Waals surface area contributed by atoms with Gasteiger partial charge in [-0.1, -0.05) is 18.2 Å². The van der Waals surface area contributed by atoms with Crippen molar-refractivity contribution < 1.29 is 18.3 Å². The minimum atomic E-state index is -3.52. The van der Waals surface area contributed by atoms with Crippen LogP contribution in [0.15, 0.2) is 53.4 Å². The maximum absolute atomic E-state index is 13.0. The van der Waals surface area contributed by atoms with Crippen LogP contribution in [0.3, 0.4) is 0 Å². The van der Waals surface area contributed by atoms with E-state index in [9.17, 15) is 13.5 Å². The summed E-state index contributed by atoms with van der Waals surface area (Å²) in [5, 5.41) is 14.3. The highest BCUT2D eigenvalue weighted by atomic mass is 32.2. The lowest BCUT2D eigenvalue weighted by Crippen LogP contribution is -2.66. The Morgan fingerprint density at radius 3 is 2.66 bits per heavy atom. The molecule has 5 rings (SSSR count). The number of aliphatic hydroxyl groups is 1. The van der Waals surface area contributed by atoms with Crippen LogP contribution in [0.25, 0.3) is 10.9 Å². The highest BCUT2D eigenvalue weighted by molar-refractivity contribution is 7.89. The standard InChI is InChI=1S/C21H23N3O4S/c1-28-14-7-8-16-17(9-14)23-20-18(10-25)22-11-21(19(16)20)12-24(13-21)29(26,27)15-5-3-2-4-6-15/h2-9,18,22-23,25H,10-13H2,1H3/t18-/m0/s1. The number of rotatable bonds is 4. The first-order valence-corrected chi connectivity index (χ1v) is 11.0. The van der Waals surface area contributed by atoms with Gasteiger partial charge in [-0.15, -0.1) is 0 Å². The van der Waals surface area contributed by atoms with E-state index in [0.717, 1.165) is 27.9 Å². The monoisotopic (exact) mass is 413 g/mol. The van der Waals surface area contributed by atoms with E-state index < -0.39 is 10.0 Å². The van der Waals surface area contributed by atoms with Gasteiger partial charge in [0.2, 0.25) is 10.0 Å². The molecule has 0 aliphatic carbocycles. The number of nitrogens with zero attached hydrogens (tertiary/aromatic N) is 1. The van der Waals surface area contributed by atoms with Crippen LogP contribution in [0, 0.1) is 0 Å².